The number of rotatable bonds is 7. The molecule has 2 aromatic carbocycles. The third-order valence-corrected chi connectivity index (χ3v) is 3.82. The van der Waals surface area contributed by atoms with Crippen molar-refractivity contribution < 1.29 is 0 Å². The average molecular weight is 305 g/mol. The average Bonchev–Trinajstić information content (AvgIpc) is 2.50. The van der Waals surface area contributed by atoms with E-state index in [1.165, 1.54) is 22.3 Å². The minimum atomic E-state index is 0.711. The third kappa shape index (κ3) is 6.44. The van der Waals surface area contributed by atoms with Gasteiger partial charge in [-0.1, -0.05) is 88.4 Å². The lowest BCUT2D eigenvalue weighted by atomic mass is 10.0. The number of hydrogen-bond acceptors (Lipinski definition) is 0. The summed E-state index contributed by atoms with van der Waals surface area (Å²) in [5, 5.41) is 0. The van der Waals surface area contributed by atoms with E-state index in [0.29, 0.717) is 11.8 Å². The predicted octanol–water partition coefficient (Wildman–Crippen LogP) is 6.35. The molecular weight excluding hydrogens is 276 g/mol. The fourth-order valence-corrected chi connectivity index (χ4v) is 2.74. The quantitative estimate of drug-likeness (QED) is 0.559. The van der Waals surface area contributed by atoms with E-state index in [0.717, 1.165) is 12.8 Å². The highest BCUT2D eigenvalue weighted by Gasteiger charge is 1.98. The van der Waals surface area contributed by atoms with Crippen molar-refractivity contribution in [3.05, 3.63) is 83.3 Å². The molecule has 0 heteroatoms. The standard InChI is InChI=1S/C23H29/c1-18(2)16-22-12-8-20(9-13-22)6-5-7-21-10-14-23(15-11-21)17-19(3)4/h5-15,18-19H,16-17H2,1-4H3/b6-5+. The Balaban J connectivity index is 1.88. The summed E-state index contributed by atoms with van der Waals surface area (Å²) < 4.78 is 0. The molecule has 0 fully saturated rings. The SMILES string of the molecule is CC(C)Cc1ccc([CH]/C=C/c2ccc(CC(C)C)cc2)cc1. The van der Waals surface area contributed by atoms with Crippen molar-refractivity contribution >= 4 is 6.08 Å². The van der Waals surface area contributed by atoms with Gasteiger partial charge >= 0.3 is 0 Å². The van der Waals surface area contributed by atoms with Gasteiger partial charge in [0.2, 0.25) is 0 Å². The normalized spacial score (nSPS) is 11.7. The molecule has 0 spiro atoms. The summed E-state index contributed by atoms with van der Waals surface area (Å²) >= 11 is 0. The highest BCUT2D eigenvalue weighted by atomic mass is 14.0. The molecule has 0 aliphatic heterocycles. The van der Waals surface area contributed by atoms with Crippen LogP contribution in [0.2, 0.25) is 0 Å². The Labute approximate surface area is 142 Å². The molecule has 0 aliphatic rings. The summed E-state index contributed by atoms with van der Waals surface area (Å²) in [5.74, 6) is 1.42. The predicted molar refractivity (Wildman–Crippen MR) is 102 cm³/mol. The van der Waals surface area contributed by atoms with Gasteiger partial charge in [0.05, 0.1) is 0 Å². The van der Waals surface area contributed by atoms with E-state index in [9.17, 15) is 0 Å². The first-order valence-corrected chi connectivity index (χ1v) is 8.72. The molecule has 0 nitrogen and oxygen atoms in total. The first-order chi connectivity index (χ1) is 11.0. The third-order valence-electron chi connectivity index (χ3n) is 3.82. The van der Waals surface area contributed by atoms with Crippen LogP contribution in [0.25, 0.3) is 6.08 Å². The van der Waals surface area contributed by atoms with Gasteiger partial charge in [0, 0.05) is 6.42 Å². The number of benzene rings is 2. The van der Waals surface area contributed by atoms with E-state index in [2.05, 4.69) is 94.8 Å². The Hall–Kier alpha value is -1.82. The van der Waals surface area contributed by atoms with Crippen LogP contribution in [0.15, 0.2) is 54.6 Å². The molecule has 0 unspecified atom stereocenters. The minimum absolute atomic E-state index is 0.711. The molecular formula is C23H29. The van der Waals surface area contributed by atoms with Gasteiger partial charge in [0.15, 0.2) is 0 Å². The molecule has 0 aromatic heterocycles. The van der Waals surface area contributed by atoms with Gasteiger partial charge in [-0.25, -0.2) is 0 Å². The van der Waals surface area contributed by atoms with E-state index in [1.807, 2.05) is 0 Å². The number of allylic oxidation sites excluding steroid dienone is 1. The smallest absolute Gasteiger partial charge is 0.0125 e. The van der Waals surface area contributed by atoms with Gasteiger partial charge in [-0.3, -0.25) is 0 Å². The summed E-state index contributed by atoms with van der Waals surface area (Å²) in [5.41, 5.74) is 5.35. The van der Waals surface area contributed by atoms with Crippen LogP contribution in [0.4, 0.5) is 0 Å². The summed E-state index contributed by atoms with van der Waals surface area (Å²) in [6.07, 6.45) is 8.77. The van der Waals surface area contributed by atoms with Crippen molar-refractivity contribution in [3.8, 4) is 0 Å². The molecule has 0 bridgehead atoms. The van der Waals surface area contributed by atoms with Gasteiger partial charge in [0.25, 0.3) is 0 Å². The van der Waals surface area contributed by atoms with Gasteiger partial charge in [-0.2, -0.15) is 0 Å². The Kier molecular flexibility index (Phi) is 6.65. The zero-order valence-electron chi connectivity index (χ0n) is 14.9. The zero-order chi connectivity index (χ0) is 16.7. The largest absolute Gasteiger partial charge is 0.0755 e. The zero-order valence-corrected chi connectivity index (χ0v) is 14.9. The molecule has 23 heavy (non-hydrogen) atoms. The Morgan fingerprint density at radius 3 is 1.52 bits per heavy atom. The van der Waals surface area contributed by atoms with Crippen molar-refractivity contribution in [2.45, 2.75) is 40.5 Å². The first-order valence-electron chi connectivity index (χ1n) is 8.72. The van der Waals surface area contributed by atoms with Crippen molar-refractivity contribution in [2.24, 2.45) is 11.8 Å². The van der Waals surface area contributed by atoms with Crippen LogP contribution in [0.1, 0.15) is 49.9 Å². The van der Waals surface area contributed by atoms with Gasteiger partial charge < -0.3 is 0 Å². The van der Waals surface area contributed by atoms with Gasteiger partial charge in [-0.15, -0.1) is 0 Å². The molecule has 0 atom stereocenters. The highest BCUT2D eigenvalue weighted by molar-refractivity contribution is 5.52. The van der Waals surface area contributed by atoms with E-state index >= 15 is 0 Å². The first kappa shape index (κ1) is 17.5. The molecule has 121 valence electrons. The molecule has 0 N–H and O–H groups in total. The second-order valence-corrected chi connectivity index (χ2v) is 7.20. The molecule has 0 amide bonds. The maximum absolute atomic E-state index is 2.26. The highest BCUT2D eigenvalue weighted by Crippen LogP contribution is 2.14. The van der Waals surface area contributed by atoms with Crippen LogP contribution < -0.4 is 0 Å². The van der Waals surface area contributed by atoms with E-state index in [4.69, 9.17) is 0 Å². The van der Waals surface area contributed by atoms with Gasteiger partial charge in [-0.05, 0) is 46.9 Å². The van der Waals surface area contributed by atoms with Crippen LogP contribution in [-0.4, -0.2) is 0 Å². The van der Waals surface area contributed by atoms with Crippen molar-refractivity contribution in [3.63, 3.8) is 0 Å². The molecule has 2 aromatic rings. The number of hydrogen-bond donors (Lipinski definition) is 0. The summed E-state index contributed by atoms with van der Waals surface area (Å²) in [6, 6.07) is 17.8. The molecule has 0 saturated carbocycles. The van der Waals surface area contributed by atoms with Crippen LogP contribution in [0.3, 0.4) is 0 Å². The molecule has 0 heterocycles. The lowest BCUT2D eigenvalue weighted by Gasteiger charge is -2.05. The van der Waals surface area contributed by atoms with Crippen LogP contribution in [0, 0.1) is 18.3 Å². The monoisotopic (exact) mass is 305 g/mol. The van der Waals surface area contributed by atoms with Gasteiger partial charge in [0.1, 0.15) is 0 Å². The maximum atomic E-state index is 2.26. The van der Waals surface area contributed by atoms with E-state index < -0.39 is 0 Å². The second kappa shape index (κ2) is 8.72. The minimum Gasteiger partial charge on any atom is -0.0755 e. The lowest BCUT2D eigenvalue weighted by molar-refractivity contribution is 0.647. The molecule has 1 radical (unpaired) electrons. The molecule has 2 rings (SSSR count). The fraction of sp³-hybridized carbons (Fsp3) is 0.348. The summed E-state index contributed by atoms with van der Waals surface area (Å²) in [4.78, 5) is 0. The fourth-order valence-electron chi connectivity index (χ4n) is 2.74. The lowest BCUT2D eigenvalue weighted by Crippen LogP contribution is -1.93. The molecule has 0 aliphatic carbocycles. The van der Waals surface area contributed by atoms with Crippen LogP contribution >= 0.6 is 0 Å². The molecule has 0 saturated heterocycles. The summed E-state index contributed by atoms with van der Waals surface area (Å²) in [7, 11) is 0. The second-order valence-electron chi connectivity index (χ2n) is 7.20. The topological polar surface area (TPSA) is 0 Å². The summed E-state index contributed by atoms with van der Waals surface area (Å²) in [6.45, 7) is 9.04. The van der Waals surface area contributed by atoms with Crippen LogP contribution in [0.5, 0.6) is 0 Å². The van der Waals surface area contributed by atoms with Crippen molar-refractivity contribution in [2.75, 3.05) is 0 Å². The van der Waals surface area contributed by atoms with Crippen LogP contribution in [-0.2, 0) is 12.8 Å². The Bertz CT molecular complexity index is 597. The Morgan fingerprint density at radius 2 is 1.09 bits per heavy atom. The Morgan fingerprint density at radius 1 is 0.652 bits per heavy atom. The van der Waals surface area contributed by atoms with E-state index in [-0.39, 0.29) is 0 Å². The van der Waals surface area contributed by atoms with Crippen molar-refractivity contribution in [1.82, 2.24) is 0 Å². The van der Waals surface area contributed by atoms with Crippen molar-refractivity contribution in [1.29, 1.82) is 0 Å². The maximum Gasteiger partial charge on any atom is 0.0125 e. The van der Waals surface area contributed by atoms with E-state index in [1.54, 1.807) is 0 Å².